The lowest BCUT2D eigenvalue weighted by Gasteiger charge is -2.39. The second-order valence-electron chi connectivity index (χ2n) is 6.15. The van der Waals surface area contributed by atoms with Crippen LogP contribution in [0.1, 0.15) is 64.2 Å². The van der Waals surface area contributed by atoms with Crippen LogP contribution in [0.5, 0.6) is 0 Å². The molecule has 0 aliphatic heterocycles. The highest BCUT2D eigenvalue weighted by molar-refractivity contribution is 5.81. The molecule has 0 radical (unpaired) electrons. The van der Waals surface area contributed by atoms with E-state index in [9.17, 15) is 4.79 Å². The molecule has 2 rings (SSSR count). The van der Waals surface area contributed by atoms with Gasteiger partial charge in [0.15, 0.2) is 0 Å². The molecular weight excluding hydrogens is 266 g/mol. The van der Waals surface area contributed by atoms with Gasteiger partial charge >= 0.3 is 5.97 Å². The van der Waals surface area contributed by atoms with Gasteiger partial charge < -0.3 is 14.6 Å². The number of hydrogen-bond acceptors (Lipinski definition) is 4. The van der Waals surface area contributed by atoms with Crippen molar-refractivity contribution in [1.29, 1.82) is 0 Å². The minimum atomic E-state index is -0.558. The summed E-state index contributed by atoms with van der Waals surface area (Å²) in [7, 11) is 1.86. The van der Waals surface area contributed by atoms with Crippen LogP contribution in [0, 0.1) is 0 Å². The summed E-state index contributed by atoms with van der Waals surface area (Å²) in [6.45, 7) is 6.58. The topological polar surface area (TPSA) is 56.1 Å². The Morgan fingerprint density at radius 1 is 1.62 bits per heavy atom. The third kappa shape index (κ3) is 3.12. The Labute approximate surface area is 127 Å². The maximum atomic E-state index is 12.4. The van der Waals surface area contributed by atoms with E-state index >= 15 is 0 Å². The molecule has 1 heterocycles. The molecule has 1 aliphatic rings. The molecular formula is C16H27N3O2. The van der Waals surface area contributed by atoms with E-state index in [0.717, 1.165) is 31.5 Å². The fourth-order valence-electron chi connectivity index (χ4n) is 3.35. The van der Waals surface area contributed by atoms with Gasteiger partial charge in [-0.05, 0) is 39.7 Å². The molecule has 0 aromatic carbocycles. The summed E-state index contributed by atoms with van der Waals surface area (Å²) in [4.78, 5) is 16.8. The van der Waals surface area contributed by atoms with Crippen LogP contribution in [0.15, 0.2) is 12.4 Å². The van der Waals surface area contributed by atoms with Gasteiger partial charge in [-0.15, -0.1) is 0 Å². The number of aromatic nitrogens is 2. The van der Waals surface area contributed by atoms with Crippen molar-refractivity contribution in [3.05, 3.63) is 18.2 Å². The van der Waals surface area contributed by atoms with Gasteiger partial charge in [0.05, 0.1) is 6.61 Å². The molecule has 1 aromatic rings. The molecule has 0 bridgehead atoms. The first-order chi connectivity index (χ1) is 10.0. The van der Waals surface area contributed by atoms with E-state index in [1.807, 2.05) is 26.4 Å². The van der Waals surface area contributed by atoms with Gasteiger partial charge in [0, 0.05) is 24.4 Å². The fourth-order valence-corrected chi connectivity index (χ4v) is 3.35. The summed E-state index contributed by atoms with van der Waals surface area (Å²) in [5.74, 6) is 1.35. The van der Waals surface area contributed by atoms with Crippen molar-refractivity contribution in [1.82, 2.24) is 14.9 Å². The Hall–Kier alpha value is -1.36. The summed E-state index contributed by atoms with van der Waals surface area (Å²) in [6.07, 6.45) is 7.59. The van der Waals surface area contributed by atoms with Crippen LogP contribution in [0.25, 0.3) is 0 Å². The Bertz CT molecular complexity index is 484. The Morgan fingerprint density at radius 3 is 3.00 bits per heavy atom. The van der Waals surface area contributed by atoms with E-state index in [4.69, 9.17) is 4.74 Å². The monoisotopic (exact) mass is 293 g/mol. The van der Waals surface area contributed by atoms with Gasteiger partial charge in [0.25, 0.3) is 0 Å². The number of ether oxygens (including phenoxy) is 1. The molecule has 2 unspecified atom stereocenters. The zero-order chi connectivity index (χ0) is 15.5. The van der Waals surface area contributed by atoms with Crippen LogP contribution < -0.4 is 5.32 Å². The highest BCUT2D eigenvalue weighted by Gasteiger charge is 2.43. The average Bonchev–Trinajstić information content (AvgIpc) is 2.97. The number of nitrogens with zero attached hydrogens (tertiary/aromatic N) is 2. The number of rotatable bonds is 5. The number of nitrogens with one attached hydrogen (secondary N) is 1. The van der Waals surface area contributed by atoms with E-state index in [1.165, 1.54) is 0 Å². The second kappa shape index (κ2) is 6.60. The van der Waals surface area contributed by atoms with E-state index in [2.05, 4.69) is 28.7 Å². The minimum absolute atomic E-state index is 0.122. The first kappa shape index (κ1) is 16.0. The second-order valence-corrected chi connectivity index (χ2v) is 6.15. The first-order valence-corrected chi connectivity index (χ1v) is 7.93. The molecule has 0 saturated heterocycles. The summed E-state index contributed by atoms with van der Waals surface area (Å²) in [6, 6.07) is 0.301. The van der Waals surface area contributed by atoms with E-state index < -0.39 is 5.54 Å². The van der Waals surface area contributed by atoms with Crippen molar-refractivity contribution in [3.8, 4) is 0 Å². The van der Waals surface area contributed by atoms with Crippen molar-refractivity contribution in [2.24, 2.45) is 0 Å². The van der Waals surface area contributed by atoms with Crippen LogP contribution in [0.2, 0.25) is 0 Å². The minimum Gasteiger partial charge on any atom is -0.465 e. The molecule has 0 spiro atoms. The zero-order valence-corrected chi connectivity index (χ0v) is 13.6. The van der Waals surface area contributed by atoms with Crippen LogP contribution >= 0.6 is 0 Å². The van der Waals surface area contributed by atoms with Gasteiger partial charge in [-0.1, -0.05) is 13.8 Å². The number of esters is 1. The van der Waals surface area contributed by atoms with Crippen molar-refractivity contribution < 1.29 is 9.53 Å². The molecule has 1 aromatic heterocycles. The number of hydrogen-bond donors (Lipinski definition) is 1. The van der Waals surface area contributed by atoms with Crippen LogP contribution in [0.3, 0.4) is 0 Å². The Morgan fingerprint density at radius 2 is 2.38 bits per heavy atom. The first-order valence-electron chi connectivity index (χ1n) is 7.93. The summed E-state index contributed by atoms with van der Waals surface area (Å²) in [5.41, 5.74) is -0.558. The molecule has 5 nitrogen and oxygen atoms in total. The highest BCUT2D eigenvalue weighted by atomic mass is 16.5. The predicted molar refractivity (Wildman–Crippen MR) is 82.2 cm³/mol. The van der Waals surface area contributed by atoms with Crippen LogP contribution in [-0.2, 0) is 9.53 Å². The highest BCUT2D eigenvalue weighted by Crippen LogP contribution is 2.37. The summed E-state index contributed by atoms with van der Waals surface area (Å²) in [5, 5.41) is 3.23. The van der Waals surface area contributed by atoms with E-state index in [-0.39, 0.29) is 5.97 Å². The Kier molecular flexibility index (Phi) is 5.04. The fraction of sp³-hybridized carbons (Fsp3) is 0.750. The third-order valence-corrected chi connectivity index (χ3v) is 4.48. The van der Waals surface area contributed by atoms with Crippen molar-refractivity contribution in [2.75, 3.05) is 13.7 Å². The molecule has 0 amide bonds. The lowest BCUT2D eigenvalue weighted by Crippen LogP contribution is -2.54. The molecule has 5 heteroatoms. The quantitative estimate of drug-likeness (QED) is 0.848. The normalized spacial score (nSPS) is 26.0. The maximum Gasteiger partial charge on any atom is 0.326 e. The SMILES string of the molecule is CCOC(=O)C1(NC)CCCC(n2ccnc2C(C)C)C1. The third-order valence-electron chi connectivity index (χ3n) is 4.48. The van der Waals surface area contributed by atoms with Gasteiger partial charge in [-0.2, -0.15) is 0 Å². The lowest BCUT2D eigenvalue weighted by molar-refractivity contribution is -0.153. The number of imidazole rings is 1. The lowest BCUT2D eigenvalue weighted by atomic mass is 9.78. The molecule has 1 saturated carbocycles. The van der Waals surface area contributed by atoms with Crippen molar-refractivity contribution in [3.63, 3.8) is 0 Å². The molecule has 1 fully saturated rings. The molecule has 2 atom stereocenters. The zero-order valence-electron chi connectivity index (χ0n) is 13.6. The van der Waals surface area contributed by atoms with Crippen molar-refractivity contribution >= 4 is 5.97 Å². The van der Waals surface area contributed by atoms with E-state index in [1.54, 1.807) is 0 Å². The summed E-state index contributed by atoms with van der Waals surface area (Å²) >= 11 is 0. The van der Waals surface area contributed by atoms with Gasteiger partial charge in [-0.25, -0.2) is 4.98 Å². The molecule has 1 aliphatic carbocycles. The average molecular weight is 293 g/mol. The molecule has 1 N–H and O–H groups in total. The van der Waals surface area contributed by atoms with Crippen LogP contribution in [-0.4, -0.2) is 34.7 Å². The number of carbonyl (C=O) groups is 1. The largest absolute Gasteiger partial charge is 0.465 e. The van der Waals surface area contributed by atoms with Crippen LogP contribution in [0.4, 0.5) is 0 Å². The smallest absolute Gasteiger partial charge is 0.326 e. The van der Waals surface area contributed by atoms with Gasteiger partial charge in [0.1, 0.15) is 11.4 Å². The predicted octanol–water partition coefficient (Wildman–Crippen LogP) is 2.64. The number of likely N-dealkylation sites (N-methyl/N-ethyl adjacent to an activating group) is 1. The standard InChI is InChI=1S/C16H27N3O2/c1-5-21-15(20)16(17-4)8-6-7-13(11-16)19-10-9-18-14(19)12(2)3/h9-10,12-13,17H,5-8,11H2,1-4H3. The molecule has 118 valence electrons. The van der Waals surface area contributed by atoms with Gasteiger partial charge in [-0.3, -0.25) is 4.79 Å². The van der Waals surface area contributed by atoms with Gasteiger partial charge in [0.2, 0.25) is 0 Å². The maximum absolute atomic E-state index is 12.4. The van der Waals surface area contributed by atoms with E-state index in [0.29, 0.717) is 18.6 Å². The van der Waals surface area contributed by atoms with Crippen molar-refractivity contribution in [2.45, 2.75) is 64.0 Å². The Balaban J connectivity index is 2.23. The molecule has 21 heavy (non-hydrogen) atoms. The summed E-state index contributed by atoms with van der Waals surface area (Å²) < 4.78 is 7.54. The number of carbonyl (C=O) groups excluding carboxylic acids is 1.